The quantitative estimate of drug-likeness (QED) is 0.169. The molecule has 0 atom stereocenters. The molecular weight excluding hydrogens is 416 g/mol. The fraction of sp³-hybridized carbons (Fsp3) is 0.0909. The molecule has 0 amide bonds. The van der Waals surface area contributed by atoms with Crippen LogP contribution in [0.5, 0.6) is 11.5 Å². The van der Waals surface area contributed by atoms with Crippen molar-refractivity contribution in [3.05, 3.63) is 94.5 Å². The Labute approximate surface area is 184 Å². The molecule has 0 spiro atoms. The van der Waals surface area contributed by atoms with Crippen molar-refractivity contribution in [3.8, 4) is 11.5 Å². The number of thiocarbonyl (C=S) groups is 1. The lowest BCUT2D eigenvalue weighted by atomic mass is 10.2. The number of anilines is 1. The first-order chi connectivity index (χ1) is 15.1. The SMILES string of the molecule is O=[N+]([O-])c1ccc(OCCOc2cccc(/C=N/NC(=S)Nc3ccccc3)c2)cc1. The van der Waals surface area contributed by atoms with E-state index >= 15 is 0 Å². The summed E-state index contributed by atoms with van der Waals surface area (Å²) in [5.41, 5.74) is 4.50. The number of nitrogens with zero attached hydrogens (tertiary/aromatic N) is 2. The van der Waals surface area contributed by atoms with Gasteiger partial charge in [-0.05, 0) is 54.2 Å². The molecular formula is C22H20N4O4S. The molecule has 3 aromatic rings. The van der Waals surface area contributed by atoms with Crippen LogP contribution >= 0.6 is 12.2 Å². The van der Waals surface area contributed by atoms with Gasteiger partial charge in [0, 0.05) is 17.8 Å². The van der Waals surface area contributed by atoms with Crippen LogP contribution in [0.2, 0.25) is 0 Å². The number of nitro groups is 1. The van der Waals surface area contributed by atoms with Crippen molar-refractivity contribution < 1.29 is 14.4 Å². The summed E-state index contributed by atoms with van der Waals surface area (Å²) in [6, 6.07) is 22.9. The van der Waals surface area contributed by atoms with Gasteiger partial charge >= 0.3 is 0 Å². The standard InChI is InChI=1S/C22H20N4O4S/c27-26(28)19-9-11-20(12-10-19)29-13-14-30-21-8-4-5-17(15-21)16-23-25-22(31)24-18-6-2-1-3-7-18/h1-12,15-16H,13-14H2,(H2,24,25,31)/b23-16+. The van der Waals surface area contributed by atoms with E-state index in [2.05, 4.69) is 15.8 Å². The fourth-order valence-electron chi connectivity index (χ4n) is 2.51. The van der Waals surface area contributed by atoms with Crippen LogP contribution in [-0.4, -0.2) is 29.5 Å². The predicted octanol–water partition coefficient (Wildman–Crippen LogP) is 4.37. The highest BCUT2D eigenvalue weighted by Crippen LogP contribution is 2.17. The maximum Gasteiger partial charge on any atom is 0.269 e. The summed E-state index contributed by atoms with van der Waals surface area (Å²) in [5.74, 6) is 1.21. The van der Waals surface area contributed by atoms with Crippen LogP contribution in [0, 0.1) is 10.1 Å². The maximum absolute atomic E-state index is 10.7. The molecule has 0 aromatic heterocycles. The number of para-hydroxylation sites is 1. The lowest BCUT2D eigenvalue weighted by Crippen LogP contribution is -2.23. The number of hydrogen-bond acceptors (Lipinski definition) is 6. The number of hydrogen-bond donors (Lipinski definition) is 2. The van der Waals surface area contributed by atoms with Crippen molar-refractivity contribution in [3.63, 3.8) is 0 Å². The molecule has 0 aliphatic carbocycles. The Kier molecular flexibility index (Phi) is 7.90. The average molecular weight is 436 g/mol. The van der Waals surface area contributed by atoms with Gasteiger partial charge in [0.05, 0.1) is 11.1 Å². The third-order valence-corrected chi connectivity index (χ3v) is 4.13. The number of benzene rings is 3. The zero-order valence-electron chi connectivity index (χ0n) is 16.4. The second kappa shape index (κ2) is 11.3. The summed E-state index contributed by atoms with van der Waals surface area (Å²) in [6.07, 6.45) is 1.64. The normalized spacial score (nSPS) is 10.5. The topological polar surface area (TPSA) is 98.0 Å². The monoisotopic (exact) mass is 436 g/mol. The van der Waals surface area contributed by atoms with Crippen molar-refractivity contribution in [1.82, 2.24) is 5.43 Å². The van der Waals surface area contributed by atoms with Gasteiger partial charge in [0.1, 0.15) is 24.7 Å². The average Bonchev–Trinajstić information content (AvgIpc) is 2.78. The molecule has 8 nitrogen and oxygen atoms in total. The van der Waals surface area contributed by atoms with Gasteiger partial charge in [-0.25, -0.2) is 0 Å². The highest BCUT2D eigenvalue weighted by Gasteiger charge is 2.04. The predicted molar refractivity (Wildman–Crippen MR) is 124 cm³/mol. The van der Waals surface area contributed by atoms with Crippen LogP contribution in [0.4, 0.5) is 11.4 Å². The van der Waals surface area contributed by atoms with E-state index in [1.165, 1.54) is 12.1 Å². The summed E-state index contributed by atoms with van der Waals surface area (Å²) in [7, 11) is 0. The number of non-ortho nitro benzene ring substituents is 1. The van der Waals surface area contributed by atoms with Gasteiger partial charge in [0.2, 0.25) is 0 Å². The second-order valence-corrected chi connectivity index (χ2v) is 6.62. The van der Waals surface area contributed by atoms with E-state index in [9.17, 15) is 10.1 Å². The fourth-order valence-corrected chi connectivity index (χ4v) is 2.68. The molecule has 0 radical (unpaired) electrons. The summed E-state index contributed by atoms with van der Waals surface area (Å²) >= 11 is 5.20. The van der Waals surface area contributed by atoms with E-state index in [1.54, 1.807) is 18.3 Å². The van der Waals surface area contributed by atoms with Crippen molar-refractivity contribution in [2.75, 3.05) is 18.5 Å². The van der Waals surface area contributed by atoms with Gasteiger partial charge in [0.25, 0.3) is 5.69 Å². The smallest absolute Gasteiger partial charge is 0.269 e. The molecule has 0 saturated heterocycles. The minimum Gasteiger partial charge on any atom is -0.490 e. The summed E-state index contributed by atoms with van der Waals surface area (Å²) in [5, 5.41) is 18.2. The molecule has 0 aliphatic heterocycles. The highest BCUT2D eigenvalue weighted by molar-refractivity contribution is 7.80. The third-order valence-electron chi connectivity index (χ3n) is 3.94. The van der Waals surface area contributed by atoms with E-state index in [0.717, 1.165) is 11.3 Å². The molecule has 3 aromatic carbocycles. The molecule has 0 bridgehead atoms. The Bertz CT molecular complexity index is 1040. The first-order valence-corrected chi connectivity index (χ1v) is 9.76. The van der Waals surface area contributed by atoms with E-state index in [-0.39, 0.29) is 5.69 Å². The Balaban J connectivity index is 1.41. The molecule has 0 unspecified atom stereocenters. The molecule has 0 fully saturated rings. The van der Waals surface area contributed by atoms with Crippen LogP contribution in [-0.2, 0) is 0 Å². The molecule has 2 N–H and O–H groups in total. The molecule has 158 valence electrons. The third kappa shape index (κ3) is 7.41. The van der Waals surface area contributed by atoms with E-state index in [0.29, 0.717) is 29.8 Å². The first kappa shape index (κ1) is 21.7. The molecule has 3 rings (SSSR count). The van der Waals surface area contributed by atoms with Crippen LogP contribution in [0.25, 0.3) is 0 Å². The van der Waals surface area contributed by atoms with Crippen LogP contribution in [0.3, 0.4) is 0 Å². The van der Waals surface area contributed by atoms with Gasteiger partial charge in [-0.15, -0.1) is 0 Å². The molecule has 9 heteroatoms. The number of rotatable bonds is 9. The summed E-state index contributed by atoms with van der Waals surface area (Å²) in [6.45, 7) is 0.623. The number of hydrazone groups is 1. The maximum atomic E-state index is 10.7. The first-order valence-electron chi connectivity index (χ1n) is 9.35. The van der Waals surface area contributed by atoms with Gasteiger partial charge in [-0.1, -0.05) is 30.3 Å². The van der Waals surface area contributed by atoms with E-state index in [4.69, 9.17) is 21.7 Å². The summed E-state index contributed by atoms with van der Waals surface area (Å²) < 4.78 is 11.2. The van der Waals surface area contributed by atoms with Gasteiger partial charge in [-0.3, -0.25) is 15.5 Å². The molecule has 0 heterocycles. The van der Waals surface area contributed by atoms with Crippen molar-refractivity contribution in [1.29, 1.82) is 0 Å². The largest absolute Gasteiger partial charge is 0.490 e. The van der Waals surface area contributed by atoms with Crippen molar-refractivity contribution in [2.45, 2.75) is 0 Å². The Morgan fingerprint density at radius 3 is 2.39 bits per heavy atom. The van der Waals surface area contributed by atoms with E-state index < -0.39 is 4.92 Å². The Morgan fingerprint density at radius 2 is 1.68 bits per heavy atom. The van der Waals surface area contributed by atoms with Gasteiger partial charge < -0.3 is 14.8 Å². The van der Waals surface area contributed by atoms with Gasteiger partial charge in [-0.2, -0.15) is 5.10 Å². The van der Waals surface area contributed by atoms with Crippen molar-refractivity contribution >= 4 is 34.9 Å². The minimum absolute atomic E-state index is 0.0215. The Morgan fingerprint density at radius 1 is 0.968 bits per heavy atom. The van der Waals surface area contributed by atoms with Crippen LogP contribution in [0.15, 0.2) is 84.0 Å². The van der Waals surface area contributed by atoms with E-state index in [1.807, 2.05) is 54.6 Å². The lowest BCUT2D eigenvalue weighted by molar-refractivity contribution is -0.384. The molecule has 0 saturated carbocycles. The van der Waals surface area contributed by atoms with Gasteiger partial charge in [0.15, 0.2) is 5.11 Å². The Hall–Kier alpha value is -3.98. The zero-order valence-corrected chi connectivity index (χ0v) is 17.2. The number of ether oxygens (including phenoxy) is 2. The summed E-state index contributed by atoms with van der Waals surface area (Å²) in [4.78, 5) is 10.2. The minimum atomic E-state index is -0.452. The van der Waals surface area contributed by atoms with Crippen LogP contribution in [0.1, 0.15) is 5.56 Å². The number of nitrogens with one attached hydrogen (secondary N) is 2. The van der Waals surface area contributed by atoms with Crippen molar-refractivity contribution in [2.24, 2.45) is 5.10 Å². The number of nitro benzene ring substituents is 1. The second-order valence-electron chi connectivity index (χ2n) is 6.21. The lowest BCUT2D eigenvalue weighted by Gasteiger charge is -2.09. The van der Waals surface area contributed by atoms with Crippen LogP contribution < -0.4 is 20.2 Å². The molecule has 0 aliphatic rings. The highest BCUT2D eigenvalue weighted by atomic mass is 32.1. The zero-order chi connectivity index (χ0) is 21.9. The molecule has 31 heavy (non-hydrogen) atoms.